The molecule has 9 nitrogen and oxygen atoms in total. The van der Waals surface area contributed by atoms with Crippen molar-refractivity contribution in [3.8, 4) is 33.3 Å². The van der Waals surface area contributed by atoms with E-state index in [2.05, 4.69) is 35.5 Å². The molecule has 3 N–H and O–H groups in total. The number of halogens is 1. The molecular formula is C26H19FN8OS. The molecule has 0 unspecified atom stereocenters. The molecule has 1 amide bonds. The number of H-pyrrole nitrogens is 2. The number of amides is 1. The predicted molar refractivity (Wildman–Crippen MR) is 139 cm³/mol. The zero-order chi connectivity index (χ0) is 24.9. The monoisotopic (exact) mass is 510 g/mol. The van der Waals surface area contributed by atoms with Gasteiger partial charge in [-0.2, -0.15) is 9.49 Å². The number of nitrogens with one attached hydrogen (secondary N) is 3. The molecule has 0 spiro atoms. The minimum Gasteiger partial charge on any atom is -0.336 e. The zero-order valence-electron chi connectivity index (χ0n) is 19.3. The lowest BCUT2D eigenvalue weighted by atomic mass is 9.85. The molecule has 0 atom stereocenters. The summed E-state index contributed by atoms with van der Waals surface area (Å²) in [6, 6.07) is 8.75. The minimum atomic E-state index is -0.274. The summed E-state index contributed by atoms with van der Waals surface area (Å²) in [5.41, 5.74) is 5.52. The summed E-state index contributed by atoms with van der Waals surface area (Å²) < 4.78 is 13.7. The highest BCUT2D eigenvalue weighted by molar-refractivity contribution is 7.13. The van der Waals surface area contributed by atoms with Gasteiger partial charge in [-0.05, 0) is 43.2 Å². The summed E-state index contributed by atoms with van der Waals surface area (Å²) in [7, 11) is 0. The number of aromatic nitrogens is 7. The maximum absolute atomic E-state index is 13.7. The number of carbonyl (C=O) groups is 1. The van der Waals surface area contributed by atoms with E-state index in [1.54, 1.807) is 30.9 Å². The highest BCUT2D eigenvalue weighted by atomic mass is 32.1. The van der Waals surface area contributed by atoms with Crippen LogP contribution in [0.3, 0.4) is 0 Å². The number of aromatic amines is 2. The molecule has 0 aliphatic heterocycles. The topological polar surface area (TPSA) is 125 Å². The van der Waals surface area contributed by atoms with Crippen LogP contribution in [0.25, 0.3) is 55.3 Å². The standard InChI is InChI=1S/C26H19FN8OS/c27-21-5-4-20(37-21)24-23-17(6-7-29-24)32-25(33-23)22-16-9-18(30-12-19(16)34-35-22)14-8-15(11-28-10-14)31-26(36)13-2-1-3-13/h4-13H,1-3H2,(H,31,36)(H,32,33)(H,34,35). The van der Waals surface area contributed by atoms with Crippen molar-refractivity contribution in [2.45, 2.75) is 19.3 Å². The van der Waals surface area contributed by atoms with E-state index in [9.17, 15) is 9.18 Å². The third-order valence-electron chi connectivity index (χ3n) is 6.66. The van der Waals surface area contributed by atoms with Crippen LogP contribution in [0.2, 0.25) is 0 Å². The average molecular weight is 511 g/mol. The zero-order valence-corrected chi connectivity index (χ0v) is 20.1. The molecule has 37 heavy (non-hydrogen) atoms. The van der Waals surface area contributed by atoms with Gasteiger partial charge < -0.3 is 10.3 Å². The lowest BCUT2D eigenvalue weighted by Gasteiger charge is -2.24. The molecule has 6 aromatic heterocycles. The Labute approximate surface area is 213 Å². The first-order chi connectivity index (χ1) is 18.1. The van der Waals surface area contributed by atoms with Crippen molar-refractivity contribution >= 4 is 44.9 Å². The van der Waals surface area contributed by atoms with Crippen LogP contribution in [0, 0.1) is 11.0 Å². The molecule has 0 radical (unpaired) electrons. The molecule has 0 saturated heterocycles. The Balaban J connectivity index is 1.26. The lowest BCUT2D eigenvalue weighted by molar-refractivity contribution is -0.122. The molecular weight excluding hydrogens is 491 g/mol. The third-order valence-corrected chi connectivity index (χ3v) is 7.54. The number of thiophene rings is 1. The molecule has 0 bridgehead atoms. The van der Waals surface area contributed by atoms with Gasteiger partial charge in [0.2, 0.25) is 5.91 Å². The Kier molecular flexibility index (Phi) is 5.03. The van der Waals surface area contributed by atoms with Gasteiger partial charge in [0.25, 0.3) is 0 Å². The van der Waals surface area contributed by atoms with Gasteiger partial charge in [-0.15, -0.1) is 11.3 Å². The molecule has 11 heteroatoms. The Morgan fingerprint density at radius 2 is 1.97 bits per heavy atom. The van der Waals surface area contributed by atoms with E-state index in [-0.39, 0.29) is 17.0 Å². The fourth-order valence-corrected chi connectivity index (χ4v) is 5.22. The van der Waals surface area contributed by atoms with E-state index in [1.165, 1.54) is 6.07 Å². The lowest BCUT2D eigenvalue weighted by Crippen LogP contribution is -2.28. The Hall–Kier alpha value is -4.51. The second kappa shape index (κ2) is 8.56. The number of nitrogens with zero attached hydrogens (tertiary/aromatic N) is 5. The van der Waals surface area contributed by atoms with Crippen LogP contribution in [-0.4, -0.2) is 41.0 Å². The Bertz CT molecular complexity index is 1800. The highest BCUT2D eigenvalue weighted by Crippen LogP contribution is 2.34. The minimum absolute atomic E-state index is 0.0368. The number of hydrogen-bond donors (Lipinski definition) is 3. The summed E-state index contributed by atoms with van der Waals surface area (Å²) in [5, 5.41) is 11.0. The van der Waals surface area contributed by atoms with E-state index in [0.717, 1.165) is 52.6 Å². The summed E-state index contributed by atoms with van der Waals surface area (Å²) in [4.78, 5) is 34.5. The van der Waals surface area contributed by atoms with Gasteiger partial charge in [-0.3, -0.25) is 24.8 Å². The van der Waals surface area contributed by atoms with Gasteiger partial charge in [0.15, 0.2) is 11.0 Å². The second-order valence-corrected chi connectivity index (χ2v) is 10.0. The normalized spacial score (nSPS) is 13.8. The fraction of sp³-hybridized carbons (Fsp3) is 0.154. The van der Waals surface area contributed by atoms with Gasteiger partial charge in [0.05, 0.1) is 39.7 Å². The second-order valence-electron chi connectivity index (χ2n) is 9.01. The van der Waals surface area contributed by atoms with E-state index >= 15 is 0 Å². The first kappa shape index (κ1) is 21.7. The molecule has 0 aromatic carbocycles. The van der Waals surface area contributed by atoms with E-state index in [1.807, 2.05) is 18.2 Å². The first-order valence-electron chi connectivity index (χ1n) is 11.8. The van der Waals surface area contributed by atoms with Crippen molar-refractivity contribution in [2.75, 3.05) is 5.32 Å². The van der Waals surface area contributed by atoms with E-state index < -0.39 is 0 Å². The van der Waals surface area contributed by atoms with Crippen LogP contribution in [0.15, 0.2) is 55.1 Å². The molecule has 1 aliphatic carbocycles. The summed E-state index contributed by atoms with van der Waals surface area (Å²) >= 11 is 1.03. The number of pyridine rings is 3. The number of rotatable bonds is 5. The maximum atomic E-state index is 13.7. The SMILES string of the molecule is O=C(Nc1cncc(-c2cc3c(-c4nc5c(-c6ccc(F)s6)nccc5[nH]4)n[nH]c3cn2)c1)C1CCC1. The first-order valence-corrected chi connectivity index (χ1v) is 12.7. The number of fused-ring (bicyclic) bond motifs is 2. The van der Waals surface area contributed by atoms with Crippen molar-refractivity contribution in [1.82, 2.24) is 35.1 Å². The third kappa shape index (κ3) is 3.84. The smallest absolute Gasteiger partial charge is 0.227 e. The van der Waals surface area contributed by atoms with Gasteiger partial charge in [-0.1, -0.05) is 6.42 Å². The van der Waals surface area contributed by atoms with Crippen LogP contribution in [0.1, 0.15) is 19.3 Å². The van der Waals surface area contributed by atoms with E-state index in [4.69, 9.17) is 4.98 Å². The van der Waals surface area contributed by atoms with Gasteiger partial charge >= 0.3 is 0 Å². The van der Waals surface area contributed by atoms with Crippen LogP contribution < -0.4 is 5.32 Å². The van der Waals surface area contributed by atoms with E-state index in [0.29, 0.717) is 39.0 Å². The fourth-order valence-electron chi connectivity index (χ4n) is 4.49. The highest BCUT2D eigenvalue weighted by Gasteiger charge is 2.25. The van der Waals surface area contributed by atoms with Crippen LogP contribution in [0.4, 0.5) is 10.1 Å². The van der Waals surface area contributed by atoms with Crippen LogP contribution in [-0.2, 0) is 4.79 Å². The molecule has 6 heterocycles. The van der Waals surface area contributed by atoms with Crippen molar-refractivity contribution in [1.29, 1.82) is 0 Å². The van der Waals surface area contributed by atoms with Crippen molar-refractivity contribution in [3.05, 3.63) is 60.3 Å². The maximum Gasteiger partial charge on any atom is 0.227 e. The number of anilines is 1. The van der Waals surface area contributed by atoms with Crippen LogP contribution in [0.5, 0.6) is 0 Å². The molecule has 1 saturated carbocycles. The molecule has 1 fully saturated rings. The summed E-state index contributed by atoms with van der Waals surface area (Å²) in [6.07, 6.45) is 9.71. The van der Waals surface area contributed by atoms with Crippen molar-refractivity contribution in [2.24, 2.45) is 5.92 Å². The Morgan fingerprint density at radius 3 is 2.78 bits per heavy atom. The number of hydrogen-bond acceptors (Lipinski definition) is 7. The quantitative estimate of drug-likeness (QED) is 0.279. The molecule has 6 aromatic rings. The van der Waals surface area contributed by atoms with Gasteiger partial charge in [-0.25, -0.2) is 4.98 Å². The average Bonchev–Trinajstić information content (AvgIpc) is 3.60. The number of carbonyl (C=O) groups excluding carboxylic acids is 1. The van der Waals surface area contributed by atoms with Gasteiger partial charge in [0, 0.05) is 29.3 Å². The molecule has 182 valence electrons. The number of imidazole rings is 1. The largest absolute Gasteiger partial charge is 0.336 e. The predicted octanol–water partition coefficient (Wildman–Crippen LogP) is 5.56. The summed E-state index contributed by atoms with van der Waals surface area (Å²) in [6.45, 7) is 0. The van der Waals surface area contributed by atoms with Gasteiger partial charge in [0.1, 0.15) is 16.9 Å². The summed E-state index contributed by atoms with van der Waals surface area (Å²) in [5.74, 6) is 0.684. The molecule has 7 rings (SSSR count). The Morgan fingerprint density at radius 1 is 1.05 bits per heavy atom. The van der Waals surface area contributed by atoms with Crippen LogP contribution >= 0.6 is 11.3 Å². The van der Waals surface area contributed by atoms with Crippen molar-refractivity contribution < 1.29 is 9.18 Å². The molecule has 1 aliphatic rings. The van der Waals surface area contributed by atoms with Crippen molar-refractivity contribution in [3.63, 3.8) is 0 Å².